The number of carbonyl (C=O) groups excluding carboxylic acids is 2. The maximum atomic E-state index is 12.5. The Morgan fingerprint density at radius 1 is 1.37 bits per heavy atom. The van der Waals surface area contributed by atoms with Crippen LogP contribution in [0.2, 0.25) is 0 Å². The molecule has 2 saturated heterocycles. The van der Waals surface area contributed by atoms with Crippen molar-refractivity contribution in [3.63, 3.8) is 0 Å². The Morgan fingerprint density at radius 3 is 2.97 bits per heavy atom. The number of thiazole rings is 1. The first-order chi connectivity index (χ1) is 17.0. The molecule has 3 heterocycles. The molecular weight excluding hydrogens is 486 g/mol. The number of ether oxygens (including phenoxy) is 2. The monoisotopic (exact) mass is 513 g/mol. The highest BCUT2D eigenvalue weighted by Crippen LogP contribution is 2.33. The molecular formula is C24H27N5O4S2. The minimum atomic E-state index is -0.202. The van der Waals surface area contributed by atoms with Gasteiger partial charge in [0.05, 0.1) is 28.7 Å². The summed E-state index contributed by atoms with van der Waals surface area (Å²) >= 11 is 2.63. The summed E-state index contributed by atoms with van der Waals surface area (Å²) in [6, 6.07) is 5.77. The average Bonchev–Trinajstić information content (AvgIpc) is 3.53. The Balaban J connectivity index is 1.17. The second-order valence-electron chi connectivity index (χ2n) is 8.56. The number of benzene rings is 1. The van der Waals surface area contributed by atoms with Crippen LogP contribution in [-0.2, 0) is 14.3 Å². The van der Waals surface area contributed by atoms with Gasteiger partial charge in [-0.25, -0.2) is 9.98 Å². The fourth-order valence-electron chi connectivity index (χ4n) is 3.64. The summed E-state index contributed by atoms with van der Waals surface area (Å²) < 4.78 is 11.3. The van der Waals surface area contributed by atoms with Crippen molar-refractivity contribution in [2.45, 2.75) is 19.8 Å². The predicted octanol–water partition coefficient (Wildman–Crippen LogP) is 3.40. The van der Waals surface area contributed by atoms with Crippen molar-refractivity contribution in [1.82, 2.24) is 15.2 Å². The lowest BCUT2D eigenvalue weighted by Crippen LogP contribution is -2.38. The van der Waals surface area contributed by atoms with E-state index in [1.165, 1.54) is 23.1 Å². The zero-order chi connectivity index (χ0) is 24.2. The van der Waals surface area contributed by atoms with Crippen LogP contribution < -0.4 is 15.4 Å². The molecule has 184 valence electrons. The SMILES string of the molecule is Cc1cc(OCCN2CCOCC2)ccc1N=C1NC(=O)C(=Cc2cnc(NC(=O)C3CC3)s2)S1. The Labute approximate surface area is 212 Å². The molecule has 2 aliphatic heterocycles. The lowest BCUT2D eigenvalue weighted by molar-refractivity contribution is -0.117. The highest BCUT2D eigenvalue weighted by atomic mass is 32.2. The van der Waals surface area contributed by atoms with Crippen molar-refractivity contribution in [2.24, 2.45) is 10.9 Å². The van der Waals surface area contributed by atoms with Crippen LogP contribution in [0, 0.1) is 12.8 Å². The van der Waals surface area contributed by atoms with Crippen molar-refractivity contribution in [2.75, 3.05) is 44.8 Å². The van der Waals surface area contributed by atoms with E-state index in [2.05, 4.69) is 25.5 Å². The summed E-state index contributed by atoms with van der Waals surface area (Å²) in [7, 11) is 0. The molecule has 0 radical (unpaired) electrons. The van der Waals surface area contributed by atoms with Crippen LogP contribution in [0.1, 0.15) is 23.3 Å². The Kier molecular flexibility index (Phi) is 7.47. The number of rotatable bonds is 8. The van der Waals surface area contributed by atoms with E-state index in [1.807, 2.05) is 25.1 Å². The molecule has 0 bridgehead atoms. The van der Waals surface area contributed by atoms with E-state index in [0.29, 0.717) is 21.8 Å². The molecule has 0 unspecified atom stereocenters. The molecule has 1 aromatic heterocycles. The van der Waals surface area contributed by atoms with E-state index in [1.54, 1.807) is 12.3 Å². The van der Waals surface area contributed by atoms with Gasteiger partial charge >= 0.3 is 0 Å². The second-order valence-corrected chi connectivity index (χ2v) is 10.7. The van der Waals surface area contributed by atoms with Crippen molar-refractivity contribution < 1.29 is 19.1 Å². The summed E-state index contributed by atoms with van der Waals surface area (Å²) in [6.45, 7) is 6.92. The highest BCUT2D eigenvalue weighted by Gasteiger charge is 2.30. The molecule has 9 nitrogen and oxygen atoms in total. The third-order valence-electron chi connectivity index (χ3n) is 5.80. The number of anilines is 1. The molecule has 2 N–H and O–H groups in total. The van der Waals surface area contributed by atoms with Crippen LogP contribution in [0.25, 0.3) is 6.08 Å². The molecule has 0 atom stereocenters. The van der Waals surface area contributed by atoms with E-state index in [0.717, 1.165) is 67.6 Å². The summed E-state index contributed by atoms with van der Waals surface area (Å²) in [4.78, 5) is 36.9. The fraction of sp³-hybridized carbons (Fsp3) is 0.417. The third-order valence-corrected chi connectivity index (χ3v) is 7.57. The molecule has 5 rings (SSSR count). The second kappa shape index (κ2) is 10.9. The molecule has 2 amide bonds. The van der Waals surface area contributed by atoms with E-state index < -0.39 is 0 Å². The molecule has 35 heavy (non-hydrogen) atoms. The standard InChI is InChI=1S/C24H27N5O4S2/c1-15-12-17(33-11-8-29-6-9-32-10-7-29)4-5-19(15)26-24-28-22(31)20(35-24)13-18-14-25-23(34-18)27-21(30)16-2-3-16/h4-5,12-14,16H,2-3,6-11H2,1H3,(H,25,27,30)(H,26,28,31). The zero-order valence-corrected chi connectivity index (χ0v) is 21.0. The number of nitrogens with one attached hydrogen (secondary N) is 2. The molecule has 3 aliphatic rings. The number of carbonyl (C=O) groups is 2. The molecule has 1 aromatic carbocycles. The maximum Gasteiger partial charge on any atom is 0.264 e. The van der Waals surface area contributed by atoms with Crippen LogP contribution in [0.5, 0.6) is 5.75 Å². The summed E-state index contributed by atoms with van der Waals surface area (Å²) in [5.74, 6) is 0.740. The molecule has 1 aliphatic carbocycles. The first-order valence-electron chi connectivity index (χ1n) is 11.6. The minimum Gasteiger partial charge on any atom is -0.492 e. The van der Waals surface area contributed by atoms with Gasteiger partial charge in [0.2, 0.25) is 5.91 Å². The number of aliphatic imine (C=N–C) groups is 1. The molecule has 1 saturated carbocycles. The van der Waals surface area contributed by atoms with Crippen LogP contribution in [-0.4, -0.2) is 66.3 Å². The lowest BCUT2D eigenvalue weighted by Gasteiger charge is -2.26. The average molecular weight is 514 g/mol. The van der Waals surface area contributed by atoms with E-state index in [9.17, 15) is 9.59 Å². The van der Waals surface area contributed by atoms with E-state index >= 15 is 0 Å². The van der Waals surface area contributed by atoms with Crippen LogP contribution in [0.3, 0.4) is 0 Å². The normalized spacial score (nSPS) is 20.9. The van der Waals surface area contributed by atoms with Gasteiger partial charge < -0.3 is 20.1 Å². The van der Waals surface area contributed by atoms with Gasteiger partial charge in [0.15, 0.2) is 10.3 Å². The quantitative estimate of drug-likeness (QED) is 0.521. The number of aryl methyl sites for hydroxylation is 1. The molecule has 11 heteroatoms. The largest absolute Gasteiger partial charge is 0.492 e. The zero-order valence-electron chi connectivity index (χ0n) is 19.4. The first-order valence-corrected chi connectivity index (χ1v) is 13.3. The van der Waals surface area contributed by atoms with Gasteiger partial charge in [-0.2, -0.15) is 0 Å². The fourth-order valence-corrected chi connectivity index (χ4v) is 5.31. The van der Waals surface area contributed by atoms with Gasteiger partial charge in [0, 0.05) is 31.7 Å². The molecule has 0 spiro atoms. The highest BCUT2D eigenvalue weighted by molar-refractivity contribution is 8.18. The van der Waals surface area contributed by atoms with Gasteiger partial charge in [-0.3, -0.25) is 14.5 Å². The minimum absolute atomic E-state index is 0.0184. The predicted molar refractivity (Wildman–Crippen MR) is 138 cm³/mol. The van der Waals surface area contributed by atoms with Crippen LogP contribution in [0.4, 0.5) is 10.8 Å². The Bertz CT molecular complexity index is 1170. The summed E-state index contributed by atoms with van der Waals surface area (Å²) in [6.07, 6.45) is 5.31. The van der Waals surface area contributed by atoms with Gasteiger partial charge in [-0.1, -0.05) is 11.3 Å². The van der Waals surface area contributed by atoms with Crippen LogP contribution >= 0.6 is 23.1 Å². The summed E-state index contributed by atoms with van der Waals surface area (Å²) in [5.41, 5.74) is 1.74. The van der Waals surface area contributed by atoms with Gasteiger partial charge in [0.25, 0.3) is 5.91 Å². The third kappa shape index (κ3) is 6.49. The molecule has 3 fully saturated rings. The number of amides is 2. The smallest absolute Gasteiger partial charge is 0.264 e. The number of hydrogen-bond donors (Lipinski definition) is 2. The van der Waals surface area contributed by atoms with Crippen molar-refractivity contribution in [3.05, 3.63) is 39.7 Å². The number of nitrogens with zero attached hydrogens (tertiary/aromatic N) is 3. The van der Waals surface area contributed by atoms with Gasteiger partial charge in [-0.05, 0) is 61.4 Å². The van der Waals surface area contributed by atoms with Crippen molar-refractivity contribution in [1.29, 1.82) is 0 Å². The van der Waals surface area contributed by atoms with Crippen molar-refractivity contribution in [3.8, 4) is 5.75 Å². The summed E-state index contributed by atoms with van der Waals surface area (Å²) in [5, 5.41) is 6.73. The topological polar surface area (TPSA) is 105 Å². The Morgan fingerprint density at radius 2 is 2.20 bits per heavy atom. The Hall–Kier alpha value is -2.73. The first kappa shape index (κ1) is 24.0. The van der Waals surface area contributed by atoms with E-state index in [-0.39, 0.29) is 17.7 Å². The number of hydrogen-bond acceptors (Lipinski definition) is 9. The maximum absolute atomic E-state index is 12.5. The van der Waals surface area contributed by atoms with Gasteiger partial charge in [-0.15, -0.1) is 0 Å². The lowest BCUT2D eigenvalue weighted by atomic mass is 10.2. The molecule has 2 aromatic rings. The van der Waals surface area contributed by atoms with Crippen LogP contribution in [0.15, 0.2) is 34.3 Å². The van der Waals surface area contributed by atoms with Crippen molar-refractivity contribution >= 4 is 57.0 Å². The number of thioether (sulfide) groups is 1. The number of amidine groups is 1. The number of morpholine rings is 1. The van der Waals surface area contributed by atoms with Gasteiger partial charge in [0.1, 0.15) is 12.4 Å². The number of aromatic nitrogens is 1. The van der Waals surface area contributed by atoms with E-state index in [4.69, 9.17) is 9.47 Å².